The van der Waals surface area contributed by atoms with Gasteiger partial charge in [0, 0.05) is 18.2 Å². The number of carbonyl (C=O) groups is 3. The first-order valence-corrected chi connectivity index (χ1v) is 10.8. The van der Waals surface area contributed by atoms with E-state index in [0.29, 0.717) is 12.1 Å². The molecule has 0 aliphatic carbocycles. The third-order valence-electron chi connectivity index (χ3n) is 5.06. The molecule has 3 aromatic rings. The van der Waals surface area contributed by atoms with Gasteiger partial charge >= 0.3 is 5.97 Å². The Balaban J connectivity index is 1.60. The van der Waals surface area contributed by atoms with Gasteiger partial charge in [-0.3, -0.25) is 9.59 Å². The van der Waals surface area contributed by atoms with E-state index < -0.39 is 17.8 Å². The van der Waals surface area contributed by atoms with Crippen molar-refractivity contribution in [1.29, 1.82) is 0 Å². The third-order valence-corrected chi connectivity index (χ3v) is 5.06. The lowest BCUT2D eigenvalue weighted by Crippen LogP contribution is -2.34. The molecule has 0 unspecified atom stereocenters. The van der Waals surface area contributed by atoms with E-state index in [-0.39, 0.29) is 29.3 Å². The van der Waals surface area contributed by atoms with Crippen molar-refractivity contribution in [2.75, 3.05) is 11.6 Å². The van der Waals surface area contributed by atoms with Crippen LogP contribution in [-0.2, 0) is 20.8 Å². The molecular weight excluding hydrogens is 451 g/mol. The lowest BCUT2D eigenvalue weighted by Gasteiger charge is -2.15. The van der Waals surface area contributed by atoms with Crippen LogP contribution < -0.4 is 15.9 Å². The van der Waals surface area contributed by atoms with Crippen molar-refractivity contribution >= 4 is 29.2 Å². The summed E-state index contributed by atoms with van der Waals surface area (Å²) >= 11 is 0. The summed E-state index contributed by atoms with van der Waals surface area (Å²) in [7, 11) is 0. The van der Waals surface area contributed by atoms with E-state index in [1.807, 2.05) is 6.07 Å². The number of halogens is 1. The summed E-state index contributed by atoms with van der Waals surface area (Å²) in [4.78, 5) is 47.0. The summed E-state index contributed by atoms with van der Waals surface area (Å²) in [5.41, 5.74) is 3.88. The SMILES string of the molecule is O=C(NCCc1ccc(F)cc1)C(/C=C1\C(=O)ONN1c1ccccc1)=NC(=O)c1ccccc1. The van der Waals surface area contributed by atoms with Gasteiger partial charge < -0.3 is 10.2 Å². The predicted octanol–water partition coefficient (Wildman–Crippen LogP) is 3.13. The molecule has 8 nitrogen and oxygen atoms in total. The largest absolute Gasteiger partial charge is 0.376 e. The van der Waals surface area contributed by atoms with E-state index in [0.717, 1.165) is 5.56 Å². The number of amides is 2. The molecule has 3 aromatic carbocycles. The van der Waals surface area contributed by atoms with Crippen LogP contribution in [-0.4, -0.2) is 30.0 Å². The zero-order chi connectivity index (χ0) is 24.6. The standard InChI is InChI=1S/C26H21FN4O4/c27-20-13-11-18(12-14-20)15-16-28-25(33)22(29-24(32)19-7-3-1-4-8-19)17-23-26(34)35-30-31(23)21-9-5-2-6-10-21/h1-14,17,30H,15-16H2,(H,28,33)/b23-17+,29-22?. The summed E-state index contributed by atoms with van der Waals surface area (Å²) in [6, 6.07) is 23.0. The molecule has 1 fully saturated rings. The maximum absolute atomic E-state index is 13.1. The number of hydrogen-bond acceptors (Lipinski definition) is 6. The second-order valence-corrected chi connectivity index (χ2v) is 7.48. The Morgan fingerprint density at radius 1 is 0.971 bits per heavy atom. The third kappa shape index (κ3) is 6.04. The number of para-hydroxylation sites is 1. The highest BCUT2D eigenvalue weighted by Gasteiger charge is 2.30. The van der Waals surface area contributed by atoms with Crippen LogP contribution in [0.1, 0.15) is 15.9 Å². The molecule has 2 amide bonds. The van der Waals surface area contributed by atoms with Gasteiger partial charge in [0.05, 0.1) is 5.69 Å². The summed E-state index contributed by atoms with van der Waals surface area (Å²) in [6.07, 6.45) is 1.63. The van der Waals surface area contributed by atoms with Gasteiger partial charge in [0.15, 0.2) is 5.70 Å². The van der Waals surface area contributed by atoms with Gasteiger partial charge in [-0.05, 0) is 48.4 Å². The van der Waals surface area contributed by atoms with Crippen LogP contribution in [0.15, 0.2) is 102 Å². The highest BCUT2D eigenvalue weighted by Crippen LogP contribution is 2.21. The first kappa shape index (κ1) is 23.5. The molecule has 176 valence electrons. The van der Waals surface area contributed by atoms with E-state index in [9.17, 15) is 18.8 Å². The molecular formula is C26H21FN4O4. The molecule has 1 aliphatic rings. The number of aliphatic imine (C=N–C) groups is 1. The Hall–Kier alpha value is -4.63. The van der Waals surface area contributed by atoms with Crippen molar-refractivity contribution in [3.63, 3.8) is 0 Å². The number of hydrazine groups is 1. The summed E-state index contributed by atoms with van der Waals surface area (Å²) < 4.78 is 13.1. The highest BCUT2D eigenvalue weighted by atomic mass is 19.1. The Kier molecular flexibility index (Phi) is 7.39. The van der Waals surface area contributed by atoms with Gasteiger partial charge in [0.2, 0.25) is 0 Å². The number of carbonyl (C=O) groups excluding carboxylic acids is 3. The minimum Gasteiger partial charge on any atom is -0.350 e. The van der Waals surface area contributed by atoms with Crippen LogP contribution in [0.5, 0.6) is 0 Å². The van der Waals surface area contributed by atoms with E-state index in [1.165, 1.54) is 23.2 Å². The normalized spacial score (nSPS) is 14.7. The fraction of sp³-hybridized carbons (Fsp3) is 0.0769. The van der Waals surface area contributed by atoms with Crippen LogP contribution in [0, 0.1) is 5.82 Å². The van der Waals surface area contributed by atoms with Crippen LogP contribution >= 0.6 is 0 Å². The molecule has 9 heteroatoms. The second kappa shape index (κ2) is 11.0. The molecule has 0 aromatic heterocycles. The van der Waals surface area contributed by atoms with Crippen molar-refractivity contribution in [2.24, 2.45) is 4.99 Å². The monoisotopic (exact) mass is 472 g/mol. The van der Waals surface area contributed by atoms with Crippen molar-refractivity contribution < 1.29 is 23.6 Å². The molecule has 0 spiro atoms. The van der Waals surface area contributed by atoms with E-state index in [4.69, 9.17) is 4.84 Å². The van der Waals surface area contributed by atoms with Crippen LogP contribution in [0.25, 0.3) is 0 Å². The average molecular weight is 472 g/mol. The fourth-order valence-electron chi connectivity index (χ4n) is 3.27. The summed E-state index contributed by atoms with van der Waals surface area (Å²) in [5.74, 6) is -2.39. The van der Waals surface area contributed by atoms with Gasteiger partial charge in [-0.15, -0.1) is 0 Å². The lowest BCUT2D eigenvalue weighted by atomic mass is 10.1. The molecule has 1 aliphatic heterocycles. The first-order valence-electron chi connectivity index (χ1n) is 10.8. The second-order valence-electron chi connectivity index (χ2n) is 7.48. The topological polar surface area (TPSA) is 100 Å². The molecule has 1 heterocycles. The fourth-order valence-corrected chi connectivity index (χ4v) is 3.27. The Bertz CT molecular complexity index is 1280. The molecule has 4 rings (SSSR count). The van der Waals surface area contributed by atoms with Crippen molar-refractivity contribution in [1.82, 2.24) is 10.9 Å². The maximum atomic E-state index is 13.1. The molecule has 0 atom stereocenters. The van der Waals surface area contributed by atoms with Gasteiger partial charge in [0.1, 0.15) is 11.5 Å². The summed E-state index contributed by atoms with van der Waals surface area (Å²) in [5, 5.41) is 4.04. The first-order chi connectivity index (χ1) is 17.0. The number of nitrogens with zero attached hydrogens (tertiary/aromatic N) is 2. The van der Waals surface area contributed by atoms with Gasteiger partial charge in [-0.25, -0.2) is 19.2 Å². The Morgan fingerprint density at radius 2 is 1.63 bits per heavy atom. The Labute approximate surface area is 200 Å². The molecule has 2 N–H and O–H groups in total. The van der Waals surface area contributed by atoms with Crippen molar-refractivity contribution in [3.8, 4) is 0 Å². The molecule has 1 saturated heterocycles. The molecule has 35 heavy (non-hydrogen) atoms. The van der Waals surface area contributed by atoms with Gasteiger partial charge in [-0.1, -0.05) is 54.1 Å². The van der Waals surface area contributed by atoms with Crippen LogP contribution in [0.3, 0.4) is 0 Å². The number of hydrogen-bond donors (Lipinski definition) is 2. The van der Waals surface area contributed by atoms with E-state index >= 15 is 0 Å². The van der Waals surface area contributed by atoms with Gasteiger partial charge in [-0.2, -0.15) is 0 Å². The number of anilines is 1. The average Bonchev–Trinajstić information content (AvgIpc) is 3.25. The van der Waals surface area contributed by atoms with E-state index in [1.54, 1.807) is 66.7 Å². The molecule has 0 saturated carbocycles. The minimum absolute atomic E-state index is 0.0236. The van der Waals surface area contributed by atoms with E-state index in [2.05, 4.69) is 15.9 Å². The number of nitrogens with one attached hydrogen (secondary N) is 2. The molecule has 0 bridgehead atoms. The minimum atomic E-state index is -0.743. The highest BCUT2D eigenvalue weighted by molar-refractivity contribution is 6.45. The maximum Gasteiger partial charge on any atom is 0.376 e. The number of rotatable bonds is 7. The van der Waals surface area contributed by atoms with Crippen molar-refractivity contribution in [2.45, 2.75) is 6.42 Å². The summed E-state index contributed by atoms with van der Waals surface area (Å²) in [6.45, 7) is 0.206. The molecule has 0 radical (unpaired) electrons. The quantitative estimate of drug-likeness (QED) is 0.405. The smallest absolute Gasteiger partial charge is 0.350 e. The zero-order valence-electron chi connectivity index (χ0n) is 18.5. The van der Waals surface area contributed by atoms with Gasteiger partial charge in [0.25, 0.3) is 11.8 Å². The zero-order valence-corrected chi connectivity index (χ0v) is 18.5. The lowest BCUT2D eigenvalue weighted by molar-refractivity contribution is -0.140. The Morgan fingerprint density at radius 3 is 2.31 bits per heavy atom. The van der Waals surface area contributed by atoms with Crippen LogP contribution in [0.2, 0.25) is 0 Å². The number of benzene rings is 3. The van der Waals surface area contributed by atoms with Crippen molar-refractivity contribution in [3.05, 3.63) is 114 Å². The predicted molar refractivity (Wildman–Crippen MR) is 128 cm³/mol. The van der Waals surface area contributed by atoms with Crippen LogP contribution in [0.4, 0.5) is 10.1 Å².